The molecule has 6 nitrogen and oxygen atoms in total. The first kappa shape index (κ1) is 37.9. The molecule has 51 heavy (non-hydrogen) atoms. The molecule has 0 saturated carbocycles. The summed E-state index contributed by atoms with van der Waals surface area (Å²) in [6, 6.07) is 0. The molecular weight excluding hydrogens is 935 g/mol. The maximum absolute atomic E-state index is 6.92. The van der Waals surface area contributed by atoms with Crippen LogP contribution in [0, 0.1) is 0 Å². The Balaban J connectivity index is 1.65. The summed E-state index contributed by atoms with van der Waals surface area (Å²) in [6.07, 6.45) is 12.8. The minimum absolute atomic E-state index is 0.0147. The number of hydrogen-bond acceptors (Lipinski definition) is 6. The summed E-state index contributed by atoms with van der Waals surface area (Å²) < 4.78 is 49.8. The third kappa shape index (κ3) is 6.78. The van der Waals surface area contributed by atoms with Gasteiger partial charge in [0.25, 0.3) is 0 Å². The van der Waals surface area contributed by atoms with E-state index >= 15 is 0 Å². The van der Waals surface area contributed by atoms with Crippen molar-refractivity contribution >= 4 is 110 Å². The topological polar surface area (TPSA) is 55.4 Å². The van der Waals surface area contributed by atoms with Crippen molar-refractivity contribution in [3.63, 3.8) is 0 Å². The molecule has 7 rings (SSSR count). The zero-order chi connectivity index (χ0) is 35.5. The van der Waals surface area contributed by atoms with Crippen LogP contribution in [0.15, 0.2) is 0 Å². The molecule has 7 aromatic rings. The molecule has 0 bridgehead atoms. The number of ether oxygens (including phenoxy) is 6. The van der Waals surface area contributed by atoms with Gasteiger partial charge in [-0.05, 0) is 0 Å². The molecule has 276 valence electrons. The fourth-order valence-corrected chi connectivity index (χ4v) is 17.2. The number of benzene rings is 4. The van der Waals surface area contributed by atoms with E-state index in [1.54, 1.807) is 0 Å². The Bertz CT molecular complexity index is 1740. The second kappa shape index (κ2) is 17.4. The summed E-state index contributed by atoms with van der Waals surface area (Å²) >= 11 is -1.78. The second-order valence-corrected chi connectivity index (χ2v) is 21.7. The molecule has 4 aromatic carbocycles. The number of unbranched alkanes of at least 4 members (excludes halogenated alkanes) is 6. The van der Waals surface area contributed by atoms with Gasteiger partial charge in [0.2, 0.25) is 0 Å². The second-order valence-electron chi connectivity index (χ2n) is 13.7. The van der Waals surface area contributed by atoms with E-state index in [4.69, 9.17) is 28.4 Å². The van der Waals surface area contributed by atoms with Crippen molar-refractivity contribution in [3.05, 3.63) is 0 Å². The van der Waals surface area contributed by atoms with Crippen molar-refractivity contribution in [3.8, 4) is 34.5 Å². The molecule has 3 heterocycles. The van der Waals surface area contributed by atoms with Gasteiger partial charge in [-0.3, -0.25) is 0 Å². The quantitative estimate of drug-likeness (QED) is 0.0342. The average molecular weight is 989 g/mol. The van der Waals surface area contributed by atoms with Crippen LogP contribution >= 0.6 is 0 Å². The molecule has 9 heteroatoms. The van der Waals surface area contributed by atoms with Crippen molar-refractivity contribution in [2.45, 2.75) is 119 Å². The fourth-order valence-electron chi connectivity index (χ4n) is 7.00. The SMILES string of the molecule is CCCCOc1c(OCCCC)c2[te]c3c(OCCCC)c(OCCCC)c4[te]c5c(OCCCC)c(OCCCC)c6[se]c1c1c6c5c4c3c21. The molecule has 0 aliphatic heterocycles. The van der Waals surface area contributed by atoms with Crippen LogP contribution in [0.1, 0.15) is 119 Å². The van der Waals surface area contributed by atoms with Crippen LogP contribution in [0.5, 0.6) is 34.5 Å². The molecule has 0 fully saturated rings. The Morgan fingerprint density at radius 1 is 0.333 bits per heavy atom. The van der Waals surface area contributed by atoms with E-state index in [-0.39, 0.29) is 14.5 Å². The maximum atomic E-state index is 6.92. The van der Waals surface area contributed by atoms with Crippen LogP contribution in [0.25, 0.3) is 54.4 Å². The molecule has 0 aliphatic rings. The summed E-state index contributed by atoms with van der Waals surface area (Å²) in [4.78, 5) is 0. The molecule has 0 unspecified atom stereocenters. The van der Waals surface area contributed by atoms with Crippen LogP contribution in [-0.4, -0.2) is 95.0 Å². The Morgan fingerprint density at radius 2 is 0.569 bits per heavy atom. The van der Waals surface area contributed by atoms with Crippen LogP contribution < -0.4 is 28.4 Å². The third-order valence-corrected chi connectivity index (χ3v) is 19.1. The van der Waals surface area contributed by atoms with Crippen LogP contribution in [0.3, 0.4) is 0 Å². The van der Waals surface area contributed by atoms with Crippen LogP contribution in [-0.2, 0) is 0 Å². The molecular formula is C42H54O6SeTe2. The van der Waals surface area contributed by atoms with Crippen molar-refractivity contribution in [1.29, 1.82) is 0 Å². The van der Waals surface area contributed by atoms with Gasteiger partial charge >= 0.3 is 331 Å². The normalized spacial score (nSPS) is 12.4. The van der Waals surface area contributed by atoms with Crippen molar-refractivity contribution in [2.75, 3.05) is 39.6 Å². The van der Waals surface area contributed by atoms with Gasteiger partial charge in [-0.2, -0.15) is 0 Å². The molecule has 0 aliphatic carbocycles. The van der Waals surface area contributed by atoms with E-state index < -0.39 is 40.9 Å². The number of rotatable bonds is 24. The molecule has 0 amide bonds. The van der Waals surface area contributed by atoms with Gasteiger partial charge in [-0.25, -0.2) is 0 Å². The minimum atomic E-state index is -0.880. The van der Waals surface area contributed by atoms with Gasteiger partial charge < -0.3 is 0 Å². The van der Waals surface area contributed by atoms with Crippen molar-refractivity contribution < 1.29 is 28.4 Å². The molecule has 3 aromatic heterocycles. The van der Waals surface area contributed by atoms with Gasteiger partial charge in [0.15, 0.2) is 0 Å². The zero-order valence-corrected chi connectivity index (χ0v) is 37.8. The monoisotopic (exact) mass is 994 g/mol. The predicted octanol–water partition coefficient (Wildman–Crippen LogP) is 11.2. The molecule has 0 N–H and O–H groups in total. The number of hydrogen-bond donors (Lipinski definition) is 0. The first-order valence-electron chi connectivity index (χ1n) is 19.7. The van der Waals surface area contributed by atoms with E-state index in [2.05, 4.69) is 41.5 Å². The van der Waals surface area contributed by atoms with Crippen molar-refractivity contribution in [2.24, 2.45) is 0 Å². The Kier molecular flexibility index (Phi) is 12.9. The summed E-state index contributed by atoms with van der Waals surface area (Å²) in [6.45, 7) is 17.7. The summed E-state index contributed by atoms with van der Waals surface area (Å²) in [7, 11) is 0. The predicted molar refractivity (Wildman–Crippen MR) is 218 cm³/mol. The summed E-state index contributed by atoms with van der Waals surface area (Å²) in [5.74, 6) is 6.13. The first-order valence-corrected chi connectivity index (χ1v) is 26.0. The van der Waals surface area contributed by atoms with Crippen molar-refractivity contribution in [1.82, 2.24) is 0 Å². The van der Waals surface area contributed by atoms with Gasteiger partial charge in [-0.15, -0.1) is 0 Å². The molecule has 0 spiro atoms. The Morgan fingerprint density at radius 3 is 0.843 bits per heavy atom. The molecule has 0 saturated heterocycles. The van der Waals surface area contributed by atoms with Crippen LogP contribution in [0.4, 0.5) is 0 Å². The van der Waals surface area contributed by atoms with Gasteiger partial charge in [0, 0.05) is 0 Å². The van der Waals surface area contributed by atoms with Gasteiger partial charge in [0.05, 0.1) is 0 Å². The average Bonchev–Trinajstić information content (AvgIpc) is 3.83. The Labute approximate surface area is 328 Å². The summed E-state index contributed by atoms with van der Waals surface area (Å²) in [5, 5.41) is 8.58. The molecule has 0 atom stereocenters. The van der Waals surface area contributed by atoms with Gasteiger partial charge in [-0.1, -0.05) is 0 Å². The van der Waals surface area contributed by atoms with E-state index in [1.165, 1.54) is 54.4 Å². The Hall–Kier alpha value is -1.44. The fraction of sp³-hybridized carbons (Fsp3) is 0.571. The van der Waals surface area contributed by atoms with Crippen LogP contribution in [0.2, 0.25) is 0 Å². The standard InChI is InChI=1S/C42H54O6SeTe2/c1-7-13-19-43-31-33(45-21-15-9-3)39-27-25-26-28-30-29(27)41(50-39)35(47-23-17-11-5)36(48-24-18-12-6)42(30)51-40(28)34(46-22-16-10-4)32(44-20-14-8-2)38(26)49-37(25)31/h7-24H2,1-6H3. The zero-order valence-electron chi connectivity index (χ0n) is 31.4. The van der Waals surface area contributed by atoms with E-state index in [0.29, 0.717) is 39.6 Å². The first-order chi connectivity index (χ1) is 25.1. The molecule has 0 radical (unpaired) electrons. The van der Waals surface area contributed by atoms with E-state index in [1.807, 2.05) is 0 Å². The van der Waals surface area contributed by atoms with Gasteiger partial charge in [0.1, 0.15) is 0 Å². The van der Waals surface area contributed by atoms with E-state index in [0.717, 1.165) is 112 Å². The third-order valence-electron chi connectivity index (χ3n) is 9.80. The summed E-state index contributed by atoms with van der Waals surface area (Å²) in [5.41, 5.74) is 0. The van der Waals surface area contributed by atoms with E-state index in [9.17, 15) is 0 Å².